The lowest BCUT2D eigenvalue weighted by molar-refractivity contribution is -0.136. The minimum atomic E-state index is -0.354. The molecule has 1 saturated heterocycles. The minimum Gasteiger partial charge on any atom is -0.408 e. The van der Waals surface area contributed by atoms with E-state index < -0.39 is 0 Å². The Kier molecular flexibility index (Phi) is 1.71. The Balaban J connectivity index is 2.65. The maximum atomic E-state index is 10.6. The smallest absolute Gasteiger partial charge is 0.334 e. The van der Waals surface area contributed by atoms with E-state index in [0.29, 0.717) is 6.29 Å². The molecule has 1 fully saturated rings. The quantitative estimate of drug-likeness (QED) is 0.305. The molecule has 0 bridgehead atoms. The third kappa shape index (κ3) is 1.15. The van der Waals surface area contributed by atoms with Crippen LogP contribution < -0.4 is 5.32 Å². The number of esters is 1. The van der Waals surface area contributed by atoms with E-state index in [4.69, 9.17) is 0 Å². The number of cyclic esters (lactones) is 1. The van der Waals surface area contributed by atoms with Crippen molar-refractivity contribution in [2.75, 3.05) is 0 Å². The third-order valence-electron chi connectivity index (χ3n) is 1.14. The molecule has 0 unspecified atom stereocenters. The van der Waals surface area contributed by atoms with Gasteiger partial charge in [-0.3, -0.25) is 4.79 Å². The second-order valence-electron chi connectivity index (χ2n) is 1.95. The van der Waals surface area contributed by atoms with Crippen LogP contribution in [0.15, 0.2) is 12.0 Å². The standard InChI is InChI=1S/C6H7NO3/c1-4-6(9)10-5(7-4)2-3-8/h2-4,7H,1H3/b5-2-/t4-/m0/s1. The molecule has 1 aliphatic heterocycles. The number of aldehydes is 1. The van der Waals surface area contributed by atoms with E-state index in [1.54, 1.807) is 6.92 Å². The van der Waals surface area contributed by atoms with Crippen LogP contribution in [-0.4, -0.2) is 18.3 Å². The van der Waals surface area contributed by atoms with Crippen molar-refractivity contribution in [2.45, 2.75) is 13.0 Å². The Labute approximate surface area is 57.9 Å². The van der Waals surface area contributed by atoms with Crippen LogP contribution in [0.2, 0.25) is 0 Å². The molecule has 0 aromatic carbocycles. The predicted molar refractivity (Wildman–Crippen MR) is 32.8 cm³/mol. The topological polar surface area (TPSA) is 55.4 Å². The molecule has 0 aliphatic carbocycles. The summed E-state index contributed by atoms with van der Waals surface area (Å²) in [5, 5.41) is 2.66. The van der Waals surface area contributed by atoms with Gasteiger partial charge in [-0.2, -0.15) is 0 Å². The first-order valence-electron chi connectivity index (χ1n) is 2.87. The number of hydrogen-bond donors (Lipinski definition) is 1. The SMILES string of the molecule is C[C@@H]1N/C(=C/C=O)OC1=O. The van der Waals surface area contributed by atoms with Crippen molar-refractivity contribution in [2.24, 2.45) is 0 Å². The van der Waals surface area contributed by atoms with E-state index in [0.717, 1.165) is 0 Å². The first kappa shape index (κ1) is 6.80. The number of nitrogens with one attached hydrogen (secondary N) is 1. The summed E-state index contributed by atoms with van der Waals surface area (Å²) in [5.41, 5.74) is 0. The van der Waals surface area contributed by atoms with E-state index in [2.05, 4.69) is 10.1 Å². The van der Waals surface area contributed by atoms with Gasteiger partial charge in [0.2, 0.25) is 5.88 Å². The fraction of sp³-hybridized carbons (Fsp3) is 0.333. The van der Waals surface area contributed by atoms with E-state index in [9.17, 15) is 9.59 Å². The van der Waals surface area contributed by atoms with Crippen molar-refractivity contribution in [1.82, 2.24) is 5.32 Å². The molecule has 1 aliphatic rings. The molecule has 0 saturated carbocycles. The van der Waals surface area contributed by atoms with Gasteiger partial charge in [-0.25, -0.2) is 4.79 Å². The lowest BCUT2D eigenvalue weighted by Crippen LogP contribution is -2.21. The number of rotatable bonds is 1. The predicted octanol–water partition coefficient (Wildman–Crippen LogP) is -0.438. The van der Waals surface area contributed by atoms with Gasteiger partial charge < -0.3 is 10.1 Å². The average molecular weight is 141 g/mol. The molecule has 4 nitrogen and oxygen atoms in total. The zero-order valence-corrected chi connectivity index (χ0v) is 5.46. The fourth-order valence-electron chi connectivity index (χ4n) is 0.642. The number of allylic oxidation sites excluding steroid dienone is 1. The van der Waals surface area contributed by atoms with Crippen LogP contribution in [0.5, 0.6) is 0 Å². The van der Waals surface area contributed by atoms with Gasteiger partial charge in [-0.15, -0.1) is 0 Å². The second-order valence-corrected chi connectivity index (χ2v) is 1.95. The highest BCUT2D eigenvalue weighted by Crippen LogP contribution is 2.05. The Hall–Kier alpha value is -1.32. The molecule has 1 heterocycles. The van der Waals surface area contributed by atoms with Crippen LogP contribution in [0.25, 0.3) is 0 Å². The lowest BCUT2D eigenvalue weighted by Gasteiger charge is -1.92. The van der Waals surface area contributed by atoms with Crippen molar-refractivity contribution in [3.05, 3.63) is 12.0 Å². The van der Waals surface area contributed by atoms with Crippen molar-refractivity contribution < 1.29 is 14.3 Å². The van der Waals surface area contributed by atoms with Crippen molar-refractivity contribution in [1.29, 1.82) is 0 Å². The van der Waals surface area contributed by atoms with E-state index in [-0.39, 0.29) is 17.9 Å². The Morgan fingerprint density at radius 2 is 2.40 bits per heavy atom. The first-order valence-corrected chi connectivity index (χ1v) is 2.87. The molecule has 4 heteroatoms. The molecule has 0 aromatic heterocycles. The minimum absolute atomic E-state index is 0.229. The van der Waals surface area contributed by atoms with Gasteiger partial charge in [-0.1, -0.05) is 0 Å². The van der Waals surface area contributed by atoms with E-state index in [1.807, 2.05) is 0 Å². The van der Waals surface area contributed by atoms with Gasteiger partial charge in [0.05, 0.1) is 0 Å². The highest BCUT2D eigenvalue weighted by Gasteiger charge is 2.24. The normalized spacial score (nSPS) is 27.9. The first-order chi connectivity index (χ1) is 4.74. The molecule has 0 amide bonds. The van der Waals surface area contributed by atoms with Crippen molar-refractivity contribution in [3.63, 3.8) is 0 Å². The summed E-state index contributed by atoms with van der Waals surface area (Å²) in [5.74, 6) is -0.124. The van der Waals surface area contributed by atoms with Gasteiger partial charge >= 0.3 is 5.97 Å². The van der Waals surface area contributed by atoms with Gasteiger partial charge in [-0.05, 0) is 6.92 Å². The second kappa shape index (κ2) is 2.51. The van der Waals surface area contributed by atoms with Gasteiger partial charge in [0.1, 0.15) is 12.3 Å². The Bertz CT molecular complexity index is 197. The summed E-state index contributed by atoms with van der Waals surface area (Å²) in [7, 11) is 0. The highest BCUT2D eigenvalue weighted by molar-refractivity contribution is 5.80. The molecule has 0 radical (unpaired) electrons. The molecule has 1 rings (SSSR count). The van der Waals surface area contributed by atoms with Crippen LogP contribution in [0.1, 0.15) is 6.92 Å². The number of hydrogen-bond acceptors (Lipinski definition) is 4. The maximum absolute atomic E-state index is 10.6. The van der Waals surface area contributed by atoms with Gasteiger partial charge in [0, 0.05) is 6.08 Å². The van der Waals surface area contributed by atoms with Gasteiger partial charge in [0.15, 0.2) is 0 Å². The van der Waals surface area contributed by atoms with Crippen LogP contribution >= 0.6 is 0 Å². The molecule has 10 heavy (non-hydrogen) atoms. The number of ether oxygens (including phenoxy) is 1. The van der Waals surface area contributed by atoms with Crippen molar-refractivity contribution in [3.8, 4) is 0 Å². The Morgan fingerprint density at radius 3 is 2.80 bits per heavy atom. The molecule has 1 N–H and O–H groups in total. The third-order valence-corrected chi connectivity index (χ3v) is 1.14. The summed E-state index contributed by atoms with van der Waals surface area (Å²) < 4.78 is 4.59. The largest absolute Gasteiger partial charge is 0.408 e. The molecular formula is C6H7NO3. The molecule has 0 spiro atoms. The van der Waals surface area contributed by atoms with E-state index in [1.165, 1.54) is 6.08 Å². The van der Waals surface area contributed by atoms with Crippen LogP contribution in [0.3, 0.4) is 0 Å². The summed E-state index contributed by atoms with van der Waals surface area (Å²) in [6.45, 7) is 1.66. The summed E-state index contributed by atoms with van der Waals surface area (Å²) in [6, 6.07) is -0.341. The molecule has 54 valence electrons. The summed E-state index contributed by atoms with van der Waals surface area (Å²) in [6.07, 6.45) is 1.73. The zero-order chi connectivity index (χ0) is 7.56. The van der Waals surface area contributed by atoms with Gasteiger partial charge in [0.25, 0.3) is 0 Å². The van der Waals surface area contributed by atoms with E-state index >= 15 is 0 Å². The zero-order valence-electron chi connectivity index (χ0n) is 5.46. The van der Waals surface area contributed by atoms with Crippen molar-refractivity contribution >= 4 is 12.3 Å². The lowest BCUT2D eigenvalue weighted by atomic mass is 10.4. The summed E-state index contributed by atoms with van der Waals surface area (Å²) in [4.78, 5) is 20.5. The highest BCUT2D eigenvalue weighted by atomic mass is 16.6. The average Bonchev–Trinajstić information content (AvgIpc) is 2.14. The Morgan fingerprint density at radius 1 is 1.70 bits per heavy atom. The summed E-state index contributed by atoms with van der Waals surface area (Å²) >= 11 is 0. The number of carbonyl (C=O) groups is 2. The fourth-order valence-corrected chi connectivity index (χ4v) is 0.642. The van der Waals surface area contributed by atoms with Crippen LogP contribution in [0, 0.1) is 0 Å². The number of carbonyl (C=O) groups excluding carboxylic acids is 2. The maximum Gasteiger partial charge on any atom is 0.334 e. The molecule has 1 atom stereocenters. The molecular weight excluding hydrogens is 134 g/mol. The monoisotopic (exact) mass is 141 g/mol. The van der Waals surface area contributed by atoms with Crippen LogP contribution in [-0.2, 0) is 14.3 Å². The van der Waals surface area contributed by atoms with Crippen LogP contribution in [0.4, 0.5) is 0 Å². The molecule has 0 aromatic rings.